The number of ether oxygens (including phenoxy) is 1. The fourth-order valence-electron chi connectivity index (χ4n) is 3.90. The van der Waals surface area contributed by atoms with Crippen LogP contribution >= 0.6 is 0 Å². The Labute approximate surface area is 307 Å². The van der Waals surface area contributed by atoms with Crippen LogP contribution < -0.4 is 28.3 Å². The van der Waals surface area contributed by atoms with E-state index in [0.717, 1.165) is 22.3 Å². The van der Waals surface area contributed by atoms with Gasteiger partial charge < -0.3 is 53.4 Å². The molecule has 15 heteroatoms. The Kier molecular flexibility index (Phi) is 20.9. The van der Waals surface area contributed by atoms with Crippen molar-refractivity contribution in [3.63, 3.8) is 0 Å². The molecular formula is C38H47N5O10. The van der Waals surface area contributed by atoms with E-state index in [4.69, 9.17) is 43.0 Å². The Balaban J connectivity index is 0.000000388. The summed E-state index contributed by atoms with van der Waals surface area (Å²) in [5.74, 6) is -3.35. The van der Waals surface area contributed by atoms with E-state index in [1.54, 1.807) is 24.3 Å². The quantitative estimate of drug-likeness (QED) is 0.0955. The number of carbonyl (C=O) groups is 5. The lowest BCUT2D eigenvalue weighted by Gasteiger charge is -2.14. The lowest BCUT2D eigenvalue weighted by atomic mass is 10.1. The number of benzene rings is 4. The van der Waals surface area contributed by atoms with Crippen LogP contribution in [0.5, 0.6) is 5.75 Å². The van der Waals surface area contributed by atoms with Crippen molar-refractivity contribution in [3.05, 3.63) is 138 Å². The number of alkyl carbamates (subject to hydrolysis) is 1. The summed E-state index contributed by atoms with van der Waals surface area (Å²) in [6, 6.07) is 30.9. The summed E-state index contributed by atoms with van der Waals surface area (Å²) in [4.78, 5) is 53.5. The number of aromatic hydroxyl groups is 1. The summed E-state index contributed by atoms with van der Waals surface area (Å²) < 4.78 is 5.03. The molecule has 0 aliphatic rings. The molecule has 15 nitrogen and oxygen atoms in total. The van der Waals surface area contributed by atoms with E-state index in [2.05, 4.69) is 5.32 Å². The average Bonchev–Trinajstić information content (AvgIpc) is 3.13. The molecule has 0 radical (unpaired) electrons. The van der Waals surface area contributed by atoms with Crippen LogP contribution in [0.2, 0.25) is 0 Å². The van der Waals surface area contributed by atoms with E-state index in [9.17, 15) is 29.1 Å². The highest BCUT2D eigenvalue weighted by Gasteiger charge is 2.21. The van der Waals surface area contributed by atoms with Crippen LogP contribution in [0.15, 0.2) is 115 Å². The van der Waals surface area contributed by atoms with Crippen molar-refractivity contribution in [2.75, 3.05) is 0 Å². The first-order chi connectivity index (χ1) is 25.1. The van der Waals surface area contributed by atoms with Gasteiger partial charge in [0.15, 0.2) is 0 Å². The SMILES string of the molecule is C[C@H](N)C(=O)O.NC(=O)[C@@H](N)Cc1ccc(O)cc1.N[C@@H](Cc1ccccc1)C(=O)O.O=C(N[C@@H](Cc1ccccc1)C(=O)O)OCc1ccccc1. The molecule has 284 valence electrons. The van der Waals surface area contributed by atoms with Crippen molar-refractivity contribution < 1.29 is 49.1 Å². The van der Waals surface area contributed by atoms with Gasteiger partial charge in [0.2, 0.25) is 5.91 Å². The van der Waals surface area contributed by atoms with Gasteiger partial charge in [0.05, 0.1) is 6.04 Å². The van der Waals surface area contributed by atoms with Crippen LogP contribution in [-0.2, 0) is 49.8 Å². The third kappa shape index (κ3) is 20.9. The molecule has 0 bridgehead atoms. The number of carboxylic acids is 3. The van der Waals surface area contributed by atoms with Gasteiger partial charge in [0.1, 0.15) is 30.5 Å². The number of carbonyl (C=O) groups excluding carboxylic acids is 2. The number of nitrogens with two attached hydrogens (primary N) is 4. The summed E-state index contributed by atoms with van der Waals surface area (Å²) in [7, 11) is 0. The average molecular weight is 734 g/mol. The Morgan fingerprint density at radius 3 is 1.38 bits per heavy atom. The van der Waals surface area contributed by atoms with E-state index < -0.39 is 54.1 Å². The van der Waals surface area contributed by atoms with Crippen LogP contribution in [0.1, 0.15) is 29.2 Å². The minimum Gasteiger partial charge on any atom is -0.508 e. The fraction of sp³-hybridized carbons (Fsp3) is 0.237. The molecule has 0 aromatic heterocycles. The molecule has 0 saturated carbocycles. The molecule has 0 heterocycles. The Morgan fingerprint density at radius 2 is 0.981 bits per heavy atom. The minimum atomic E-state index is -1.10. The molecule has 4 atom stereocenters. The molecule has 0 aliphatic heterocycles. The maximum Gasteiger partial charge on any atom is 0.408 e. The van der Waals surface area contributed by atoms with Gasteiger partial charge in [-0.15, -0.1) is 0 Å². The summed E-state index contributed by atoms with van der Waals surface area (Å²) in [5.41, 5.74) is 24.1. The van der Waals surface area contributed by atoms with Gasteiger partial charge in [-0.3, -0.25) is 14.4 Å². The van der Waals surface area contributed by atoms with Crippen molar-refractivity contribution in [2.45, 2.75) is 57.0 Å². The zero-order valence-electron chi connectivity index (χ0n) is 29.2. The summed E-state index contributed by atoms with van der Waals surface area (Å²) >= 11 is 0. The highest BCUT2D eigenvalue weighted by Crippen LogP contribution is 2.11. The molecule has 53 heavy (non-hydrogen) atoms. The molecule has 4 rings (SSSR count). The lowest BCUT2D eigenvalue weighted by Crippen LogP contribution is -2.42. The van der Waals surface area contributed by atoms with Crippen LogP contribution in [0.25, 0.3) is 0 Å². The second kappa shape index (κ2) is 24.8. The van der Waals surface area contributed by atoms with Gasteiger partial charge in [0, 0.05) is 6.42 Å². The largest absolute Gasteiger partial charge is 0.508 e. The molecule has 2 amide bonds. The molecular weight excluding hydrogens is 686 g/mol. The van der Waals surface area contributed by atoms with Crippen molar-refractivity contribution in [3.8, 4) is 5.75 Å². The smallest absolute Gasteiger partial charge is 0.408 e. The van der Waals surface area contributed by atoms with E-state index in [1.165, 1.54) is 6.92 Å². The molecule has 13 N–H and O–H groups in total. The van der Waals surface area contributed by atoms with Crippen LogP contribution in [-0.4, -0.2) is 74.5 Å². The number of hydrogen-bond acceptors (Lipinski definition) is 10. The maximum atomic E-state index is 11.7. The summed E-state index contributed by atoms with van der Waals surface area (Å²) in [6.45, 7) is 1.52. The van der Waals surface area contributed by atoms with Crippen molar-refractivity contribution in [2.24, 2.45) is 22.9 Å². The first kappa shape index (κ1) is 44.7. The van der Waals surface area contributed by atoms with Crippen LogP contribution in [0.4, 0.5) is 4.79 Å². The van der Waals surface area contributed by atoms with Gasteiger partial charge in [-0.2, -0.15) is 0 Å². The van der Waals surface area contributed by atoms with Gasteiger partial charge >= 0.3 is 24.0 Å². The van der Waals surface area contributed by atoms with Crippen molar-refractivity contribution >= 4 is 29.9 Å². The zero-order valence-corrected chi connectivity index (χ0v) is 29.2. The van der Waals surface area contributed by atoms with Crippen LogP contribution in [0, 0.1) is 0 Å². The highest BCUT2D eigenvalue weighted by molar-refractivity contribution is 5.80. The first-order valence-corrected chi connectivity index (χ1v) is 16.2. The number of phenols is 1. The van der Waals surface area contributed by atoms with E-state index in [0.29, 0.717) is 12.8 Å². The molecule has 0 saturated heterocycles. The number of rotatable bonds is 13. The lowest BCUT2D eigenvalue weighted by molar-refractivity contribution is -0.140. The van der Waals surface area contributed by atoms with Gasteiger partial charge in [-0.25, -0.2) is 9.59 Å². The van der Waals surface area contributed by atoms with Crippen LogP contribution in [0.3, 0.4) is 0 Å². The third-order valence-electron chi connectivity index (χ3n) is 6.85. The van der Waals surface area contributed by atoms with E-state index in [-0.39, 0.29) is 18.8 Å². The van der Waals surface area contributed by atoms with Crippen molar-refractivity contribution in [1.29, 1.82) is 0 Å². The molecule has 0 spiro atoms. The number of carboxylic acid groups (broad SMARTS) is 3. The Morgan fingerprint density at radius 1 is 0.585 bits per heavy atom. The van der Waals surface area contributed by atoms with Gasteiger partial charge in [-0.05, 0) is 54.2 Å². The fourth-order valence-corrected chi connectivity index (χ4v) is 3.90. The molecule has 0 fully saturated rings. The highest BCUT2D eigenvalue weighted by atomic mass is 16.5. The van der Waals surface area contributed by atoms with E-state index >= 15 is 0 Å². The number of amides is 2. The zero-order chi connectivity index (χ0) is 39.8. The minimum absolute atomic E-state index is 0.102. The molecule has 4 aromatic rings. The molecule has 0 aliphatic carbocycles. The Hall–Kier alpha value is -6.29. The number of hydrogen-bond donors (Lipinski definition) is 9. The molecule has 0 unspecified atom stereocenters. The second-order valence-electron chi connectivity index (χ2n) is 11.4. The summed E-state index contributed by atoms with van der Waals surface area (Å²) in [5, 5.41) is 36.9. The monoisotopic (exact) mass is 733 g/mol. The predicted molar refractivity (Wildman–Crippen MR) is 197 cm³/mol. The molecule has 4 aromatic carbocycles. The predicted octanol–water partition coefficient (Wildman–Crippen LogP) is 2.42. The number of aliphatic carboxylic acids is 3. The first-order valence-electron chi connectivity index (χ1n) is 16.2. The number of primary amides is 1. The van der Waals surface area contributed by atoms with Crippen molar-refractivity contribution in [1.82, 2.24) is 5.32 Å². The topological polar surface area (TPSA) is 292 Å². The third-order valence-corrected chi connectivity index (χ3v) is 6.85. The Bertz CT molecular complexity index is 1680. The maximum absolute atomic E-state index is 11.7. The van der Waals surface area contributed by atoms with E-state index in [1.807, 2.05) is 91.0 Å². The number of phenolic OH excluding ortho intramolecular Hbond substituents is 1. The van der Waals surface area contributed by atoms with Gasteiger partial charge in [0.25, 0.3) is 0 Å². The standard InChI is InChI=1S/C17H17NO4.C9H12N2O2.C9H11NO2.C3H7NO2/c19-16(20)15(11-13-7-3-1-4-8-13)18-17(21)22-12-14-9-5-2-6-10-14;10-8(9(11)13)5-6-1-3-7(12)4-2-6;10-8(9(11)12)6-7-4-2-1-3-5-7;1-2(4)3(5)6/h1-10,15H,11-12H2,(H,18,21)(H,19,20);1-4,8,12H,5,10H2,(H2,11,13);1-5,8H,6,10H2,(H,11,12);2H,4H2,1H3,(H,5,6)/t15-;2*8-;2-/m0000/s1. The number of nitrogens with one attached hydrogen (secondary N) is 1. The normalized spacial score (nSPS) is 12.2. The second-order valence-corrected chi connectivity index (χ2v) is 11.4. The van der Waals surface area contributed by atoms with Gasteiger partial charge in [-0.1, -0.05) is 103 Å². The summed E-state index contributed by atoms with van der Waals surface area (Å²) in [6.07, 6.45) is 0.245.